The first kappa shape index (κ1) is 30.1. The van der Waals surface area contributed by atoms with E-state index in [0.29, 0.717) is 84.9 Å². The van der Waals surface area contributed by atoms with Crippen LogP contribution in [0.5, 0.6) is 5.75 Å². The summed E-state index contributed by atoms with van der Waals surface area (Å²) in [4.78, 5) is 18.2. The molecule has 2 aromatic carbocycles. The molecule has 3 aromatic rings. The number of aromatic nitrogens is 1. The van der Waals surface area contributed by atoms with Crippen molar-refractivity contribution >= 4 is 28.6 Å². The predicted molar refractivity (Wildman–Crippen MR) is 146 cm³/mol. The average molecular weight is 579 g/mol. The number of benzene rings is 2. The molecule has 0 amide bonds. The standard InChI is InChI=1S/C29H33F3N2O5S/c1-39-20-2-3-23-21(14-20)27(18(17-35)16-33-23)24(36)4-5-29(15-26(37)38)6-8-34(9-7-29)10-11-40-25-13-19(30)12-22(31)28(25)32/h2-3,12-14,16,24,35-36H,4-11,15,17H2,1H3,(H,37,38)/t24-/m1/s1. The highest BCUT2D eigenvalue weighted by Gasteiger charge is 2.37. The fourth-order valence-corrected chi connectivity index (χ4v) is 6.47. The Hall–Kier alpha value is -2.86. The smallest absolute Gasteiger partial charge is 0.303 e. The lowest BCUT2D eigenvalue weighted by molar-refractivity contribution is -0.141. The molecule has 0 saturated carbocycles. The maximum atomic E-state index is 13.9. The highest BCUT2D eigenvalue weighted by atomic mass is 32.2. The lowest BCUT2D eigenvalue weighted by Gasteiger charge is -2.41. The molecule has 1 aliphatic rings. The lowest BCUT2D eigenvalue weighted by atomic mass is 9.71. The number of hydrogen-bond donors (Lipinski definition) is 3. The molecule has 0 bridgehead atoms. The Labute approximate surface area is 235 Å². The third-order valence-corrected chi connectivity index (χ3v) is 8.71. The van der Waals surface area contributed by atoms with Crippen LogP contribution in [0.2, 0.25) is 0 Å². The number of thioether (sulfide) groups is 1. The summed E-state index contributed by atoms with van der Waals surface area (Å²) in [5.74, 6) is -2.99. The van der Waals surface area contributed by atoms with E-state index in [0.717, 1.165) is 17.8 Å². The topological polar surface area (TPSA) is 103 Å². The Morgan fingerprint density at radius 3 is 2.62 bits per heavy atom. The fourth-order valence-electron chi connectivity index (χ4n) is 5.48. The summed E-state index contributed by atoms with van der Waals surface area (Å²) in [6.07, 6.45) is 2.53. The number of fused-ring (bicyclic) bond motifs is 1. The number of aliphatic hydroxyl groups excluding tert-OH is 2. The van der Waals surface area contributed by atoms with Crippen molar-refractivity contribution in [2.24, 2.45) is 5.41 Å². The number of likely N-dealkylation sites (tertiary alicyclic amines) is 1. The van der Waals surface area contributed by atoms with Gasteiger partial charge in [0.25, 0.3) is 0 Å². The highest BCUT2D eigenvalue weighted by Crippen LogP contribution is 2.42. The zero-order valence-electron chi connectivity index (χ0n) is 22.2. The van der Waals surface area contributed by atoms with Gasteiger partial charge in [-0.25, -0.2) is 13.2 Å². The Balaban J connectivity index is 1.41. The number of halogens is 3. The molecule has 216 valence electrons. The lowest BCUT2D eigenvalue weighted by Crippen LogP contribution is -2.42. The molecule has 0 radical (unpaired) electrons. The third-order valence-electron chi connectivity index (χ3n) is 7.72. The summed E-state index contributed by atoms with van der Waals surface area (Å²) in [7, 11) is 1.54. The van der Waals surface area contributed by atoms with Crippen LogP contribution in [0, 0.1) is 22.9 Å². The Kier molecular flexibility index (Phi) is 9.94. The molecule has 40 heavy (non-hydrogen) atoms. The van der Waals surface area contributed by atoms with Crippen molar-refractivity contribution in [2.45, 2.75) is 49.7 Å². The van der Waals surface area contributed by atoms with Crippen molar-refractivity contribution in [3.63, 3.8) is 0 Å². The quantitative estimate of drug-likeness (QED) is 0.196. The van der Waals surface area contributed by atoms with Crippen LogP contribution in [0.4, 0.5) is 13.2 Å². The molecular weight excluding hydrogens is 545 g/mol. The van der Waals surface area contributed by atoms with Crippen LogP contribution in [0.25, 0.3) is 10.9 Å². The summed E-state index contributed by atoms with van der Waals surface area (Å²) in [5.41, 5.74) is 1.20. The number of ether oxygens (including phenoxy) is 1. The summed E-state index contributed by atoms with van der Waals surface area (Å²) in [6, 6.07) is 6.82. The second-order valence-electron chi connectivity index (χ2n) is 10.3. The molecule has 4 rings (SSSR count). The number of methoxy groups -OCH3 is 1. The summed E-state index contributed by atoms with van der Waals surface area (Å²) in [6.45, 7) is 1.48. The molecule has 0 aliphatic carbocycles. The van der Waals surface area contributed by atoms with Gasteiger partial charge in [0.05, 0.1) is 31.8 Å². The van der Waals surface area contributed by atoms with Gasteiger partial charge in [0, 0.05) is 40.4 Å². The van der Waals surface area contributed by atoms with Crippen molar-refractivity contribution < 1.29 is 38.0 Å². The van der Waals surface area contributed by atoms with Crippen LogP contribution in [-0.2, 0) is 11.4 Å². The van der Waals surface area contributed by atoms with Crippen molar-refractivity contribution in [1.82, 2.24) is 9.88 Å². The SMILES string of the molecule is COc1ccc2ncc(CO)c([C@H](O)CCC3(CC(=O)O)CCN(CCSc4cc(F)cc(F)c4F)CC3)c2c1. The largest absolute Gasteiger partial charge is 0.497 e. The second kappa shape index (κ2) is 13.2. The second-order valence-corrected chi connectivity index (χ2v) is 11.4. The number of aliphatic carboxylic acids is 1. The minimum Gasteiger partial charge on any atom is -0.497 e. The van der Waals surface area contributed by atoms with E-state index >= 15 is 0 Å². The number of carboxylic acid groups (broad SMARTS) is 1. The molecule has 0 unspecified atom stereocenters. The minimum absolute atomic E-state index is 0.0339. The number of aliphatic hydroxyl groups is 2. The van der Waals surface area contributed by atoms with Crippen LogP contribution in [0.3, 0.4) is 0 Å². The van der Waals surface area contributed by atoms with Gasteiger partial charge in [0.15, 0.2) is 11.6 Å². The molecule has 1 saturated heterocycles. The molecular formula is C29H33F3N2O5S. The van der Waals surface area contributed by atoms with E-state index in [2.05, 4.69) is 9.88 Å². The van der Waals surface area contributed by atoms with Crippen molar-refractivity contribution in [1.29, 1.82) is 0 Å². The molecule has 7 nitrogen and oxygen atoms in total. The van der Waals surface area contributed by atoms with Crippen LogP contribution < -0.4 is 4.74 Å². The van der Waals surface area contributed by atoms with Gasteiger partial charge in [-0.3, -0.25) is 9.78 Å². The van der Waals surface area contributed by atoms with E-state index in [1.54, 1.807) is 31.5 Å². The van der Waals surface area contributed by atoms with E-state index in [1.807, 2.05) is 0 Å². The van der Waals surface area contributed by atoms with Gasteiger partial charge in [0.1, 0.15) is 11.6 Å². The number of carbonyl (C=O) groups is 1. The van der Waals surface area contributed by atoms with E-state index in [-0.39, 0.29) is 17.9 Å². The van der Waals surface area contributed by atoms with Crippen LogP contribution in [0.1, 0.15) is 49.3 Å². The predicted octanol–water partition coefficient (Wildman–Crippen LogP) is 5.32. The first-order chi connectivity index (χ1) is 19.1. The fraction of sp³-hybridized carbons (Fsp3) is 0.448. The van der Waals surface area contributed by atoms with Gasteiger partial charge >= 0.3 is 5.97 Å². The van der Waals surface area contributed by atoms with Gasteiger partial charge < -0.3 is 25.0 Å². The van der Waals surface area contributed by atoms with Gasteiger partial charge in [0.2, 0.25) is 0 Å². The molecule has 0 spiro atoms. The van der Waals surface area contributed by atoms with E-state index in [9.17, 15) is 33.3 Å². The summed E-state index contributed by atoms with van der Waals surface area (Å²) >= 11 is 1.04. The monoisotopic (exact) mass is 578 g/mol. The maximum absolute atomic E-state index is 13.9. The van der Waals surface area contributed by atoms with Crippen molar-refractivity contribution in [3.05, 3.63) is 65.1 Å². The van der Waals surface area contributed by atoms with E-state index in [4.69, 9.17) is 4.74 Å². The molecule has 1 aliphatic heterocycles. The van der Waals surface area contributed by atoms with Gasteiger partial charge in [-0.15, -0.1) is 11.8 Å². The molecule has 2 heterocycles. The normalized spacial score (nSPS) is 16.2. The maximum Gasteiger partial charge on any atom is 0.303 e. The number of piperidine rings is 1. The number of carboxylic acids is 1. The zero-order chi connectivity index (χ0) is 28.9. The minimum atomic E-state index is -1.22. The van der Waals surface area contributed by atoms with Crippen LogP contribution >= 0.6 is 11.8 Å². The third kappa shape index (κ3) is 7.06. The van der Waals surface area contributed by atoms with E-state index < -0.39 is 34.9 Å². The number of pyridine rings is 1. The molecule has 1 fully saturated rings. The number of nitrogens with zero attached hydrogens (tertiary/aromatic N) is 2. The molecule has 11 heteroatoms. The van der Waals surface area contributed by atoms with Crippen molar-refractivity contribution in [3.8, 4) is 5.75 Å². The highest BCUT2D eigenvalue weighted by molar-refractivity contribution is 7.99. The van der Waals surface area contributed by atoms with Gasteiger partial charge in [-0.1, -0.05) is 0 Å². The van der Waals surface area contributed by atoms with Crippen molar-refractivity contribution in [2.75, 3.05) is 32.5 Å². The first-order valence-corrected chi connectivity index (χ1v) is 14.1. The Bertz CT molecular complexity index is 1350. The Morgan fingerprint density at radius 1 is 1.20 bits per heavy atom. The summed E-state index contributed by atoms with van der Waals surface area (Å²) in [5, 5.41) is 31.6. The van der Waals surface area contributed by atoms with Crippen LogP contribution in [0.15, 0.2) is 41.4 Å². The number of rotatable bonds is 12. The number of hydrogen-bond acceptors (Lipinski definition) is 7. The van der Waals surface area contributed by atoms with Crippen LogP contribution in [-0.4, -0.2) is 63.7 Å². The summed E-state index contributed by atoms with van der Waals surface area (Å²) < 4.78 is 46.2. The van der Waals surface area contributed by atoms with Gasteiger partial charge in [-0.2, -0.15) is 0 Å². The zero-order valence-corrected chi connectivity index (χ0v) is 23.0. The van der Waals surface area contributed by atoms with E-state index in [1.165, 1.54) is 0 Å². The average Bonchev–Trinajstić information content (AvgIpc) is 2.94. The first-order valence-electron chi connectivity index (χ1n) is 13.1. The molecule has 1 aromatic heterocycles. The molecule has 1 atom stereocenters. The Morgan fingerprint density at radius 2 is 1.95 bits per heavy atom. The molecule has 3 N–H and O–H groups in total. The van der Waals surface area contributed by atoms with Gasteiger partial charge in [-0.05, 0) is 74.0 Å².